The van der Waals surface area contributed by atoms with Gasteiger partial charge in [0.15, 0.2) is 0 Å². The molecular weight excluding hydrogens is 250 g/mol. The van der Waals surface area contributed by atoms with Crippen molar-refractivity contribution in [2.45, 2.75) is 26.7 Å². The van der Waals surface area contributed by atoms with E-state index in [0.29, 0.717) is 0 Å². The highest BCUT2D eigenvalue weighted by atomic mass is 79.9. The van der Waals surface area contributed by atoms with Crippen LogP contribution in [0.4, 0.5) is 5.69 Å². The summed E-state index contributed by atoms with van der Waals surface area (Å²) in [4.78, 5) is 2.47. The topological polar surface area (TPSA) is 3.24 Å². The van der Waals surface area contributed by atoms with Gasteiger partial charge in [0.05, 0.1) is 5.69 Å². The van der Waals surface area contributed by atoms with Gasteiger partial charge >= 0.3 is 0 Å². The van der Waals surface area contributed by atoms with Crippen LogP contribution >= 0.6 is 15.9 Å². The van der Waals surface area contributed by atoms with Crippen LogP contribution in [0, 0.1) is 12.8 Å². The highest BCUT2D eigenvalue weighted by molar-refractivity contribution is 9.10. The van der Waals surface area contributed by atoms with Gasteiger partial charge in [0.25, 0.3) is 0 Å². The third kappa shape index (κ3) is 2.36. The Morgan fingerprint density at radius 1 is 1.40 bits per heavy atom. The average Bonchev–Trinajstić information content (AvgIpc) is 2.15. The second-order valence-corrected chi connectivity index (χ2v) is 5.37. The molecule has 1 aromatic carbocycles. The summed E-state index contributed by atoms with van der Waals surface area (Å²) in [5, 5.41) is 0. The van der Waals surface area contributed by atoms with Crippen molar-refractivity contribution in [3.8, 4) is 0 Å². The molecule has 1 fully saturated rings. The normalized spacial score (nSPS) is 16.6. The lowest BCUT2D eigenvalue weighted by molar-refractivity contribution is 0.380. The zero-order valence-electron chi connectivity index (χ0n) is 9.46. The van der Waals surface area contributed by atoms with Crippen molar-refractivity contribution in [2.75, 3.05) is 18.0 Å². The van der Waals surface area contributed by atoms with E-state index in [1.54, 1.807) is 0 Å². The number of anilines is 1. The molecule has 82 valence electrons. The lowest BCUT2D eigenvalue weighted by Crippen LogP contribution is -2.46. The van der Waals surface area contributed by atoms with Gasteiger partial charge in [0.2, 0.25) is 0 Å². The minimum atomic E-state index is 0.919. The molecule has 15 heavy (non-hydrogen) atoms. The maximum atomic E-state index is 3.62. The monoisotopic (exact) mass is 267 g/mol. The van der Waals surface area contributed by atoms with E-state index in [1.807, 2.05) is 0 Å². The summed E-state index contributed by atoms with van der Waals surface area (Å²) in [6.07, 6.45) is 2.69. The van der Waals surface area contributed by atoms with Crippen molar-refractivity contribution in [3.63, 3.8) is 0 Å². The van der Waals surface area contributed by atoms with Crippen molar-refractivity contribution >= 4 is 21.6 Å². The molecule has 0 bridgehead atoms. The van der Waals surface area contributed by atoms with Gasteiger partial charge in [-0.05, 0) is 52.9 Å². The molecule has 0 unspecified atom stereocenters. The molecule has 0 radical (unpaired) electrons. The number of hydrogen-bond acceptors (Lipinski definition) is 1. The van der Waals surface area contributed by atoms with Crippen LogP contribution < -0.4 is 4.90 Å². The summed E-state index contributed by atoms with van der Waals surface area (Å²) in [5.74, 6) is 0.919. The first-order valence-electron chi connectivity index (χ1n) is 5.71. The third-order valence-corrected chi connectivity index (χ3v) is 3.77. The molecule has 0 aromatic heterocycles. The highest BCUT2D eigenvalue weighted by Crippen LogP contribution is 2.33. The van der Waals surface area contributed by atoms with Gasteiger partial charge in [-0.3, -0.25) is 0 Å². The van der Waals surface area contributed by atoms with E-state index in [9.17, 15) is 0 Å². The van der Waals surface area contributed by atoms with Gasteiger partial charge in [0, 0.05) is 17.6 Å². The van der Waals surface area contributed by atoms with Crippen LogP contribution in [0.25, 0.3) is 0 Å². The number of halogens is 1. The Morgan fingerprint density at radius 2 is 2.13 bits per heavy atom. The molecule has 0 amide bonds. The Hall–Kier alpha value is -0.500. The molecule has 0 saturated carbocycles. The minimum Gasteiger partial charge on any atom is -0.370 e. The molecule has 1 aliphatic rings. The smallest absolute Gasteiger partial charge is 0.0513 e. The molecule has 0 N–H and O–H groups in total. The number of nitrogens with zero attached hydrogens (tertiary/aromatic N) is 1. The largest absolute Gasteiger partial charge is 0.370 e. The van der Waals surface area contributed by atoms with E-state index in [1.165, 1.54) is 41.7 Å². The van der Waals surface area contributed by atoms with Crippen LogP contribution in [0.1, 0.15) is 25.3 Å². The minimum absolute atomic E-state index is 0.919. The van der Waals surface area contributed by atoms with Crippen molar-refractivity contribution in [1.29, 1.82) is 0 Å². The van der Waals surface area contributed by atoms with Crippen molar-refractivity contribution < 1.29 is 0 Å². The highest BCUT2D eigenvalue weighted by Gasteiger charge is 2.26. The SMILES string of the molecule is CCCC1CN(c2cc(C)ccc2Br)C1. The van der Waals surface area contributed by atoms with E-state index in [2.05, 4.69) is 52.9 Å². The molecule has 1 aromatic rings. The molecule has 2 heteroatoms. The predicted molar refractivity (Wildman–Crippen MR) is 69.5 cm³/mol. The fourth-order valence-electron chi connectivity index (χ4n) is 2.22. The predicted octanol–water partition coefficient (Wildman–Crippen LogP) is 3.99. The fraction of sp³-hybridized carbons (Fsp3) is 0.538. The van der Waals surface area contributed by atoms with Gasteiger partial charge in [-0.25, -0.2) is 0 Å². The Balaban J connectivity index is 2.03. The Bertz CT molecular complexity index is 342. The second-order valence-electron chi connectivity index (χ2n) is 4.51. The van der Waals surface area contributed by atoms with Gasteiger partial charge in [-0.2, -0.15) is 0 Å². The van der Waals surface area contributed by atoms with E-state index in [4.69, 9.17) is 0 Å². The molecule has 2 rings (SSSR count). The maximum Gasteiger partial charge on any atom is 0.0513 e. The summed E-state index contributed by atoms with van der Waals surface area (Å²) < 4.78 is 1.23. The Morgan fingerprint density at radius 3 is 2.80 bits per heavy atom. The first-order valence-corrected chi connectivity index (χ1v) is 6.51. The molecule has 0 aliphatic carbocycles. The fourth-order valence-corrected chi connectivity index (χ4v) is 2.72. The van der Waals surface area contributed by atoms with E-state index >= 15 is 0 Å². The Kier molecular flexibility index (Phi) is 3.35. The maximum absolute atomic E-state index is 3.62. The summed E-state index contributed by atoms with van der Waals surface area (Å²) in [5.41, 5.74) is 2.70. The lowest BCUT2D eigenvalue weighted by Gasteiger charge is -2.41. The summed E-state index contributed by atoms with van der Waals surface area (Å²) in [6, 6.07) is 6.57. The van der Waals surface area contributed by atoms with Crippen LogP contribution in [0.5, 0.6) is 0 Å². The van der Waals surface area contributed by atoms with Crippen LogP contribution in [0.2, 0.25) is 0 Å². The van der Waals surface area contributed by atoms with Gasteiger partial charge in [-0.15, -0.1) is 0 Å². The summed E-state index contributed by atoms with van der Waals surface area (Å²) >= 11 is 3.62. The molecule has 1 aliphatic heterocycles. The Labute approximate surface area is 101 Å². The molecular formula is C13H18BrN. The van der Waals surface area contributed by atoms with Gasteiger partial charge in [-0.1, -0.05) is 19.4 Å². The van der Waals surface area contributed by atoms with Crippen LogP contribution in [-0.2, 0) is 0 Å². The quantitative estimate of drug-likeness (QED) is 0.801. The zero-order valence-corrected chi connectivity index (χ0v) is 11.0. The van der Waals surface area contributed by atoms with E-state index in [0.717, 1.165) is 5.92 Å². The molecule has 1 heterocycles. The average molecular weight is 268 g/mol. The summed E-state index contributed by atoms with van der Waals surface area (Å²) in [7, 11) is 0. The molecule has 1 saturated heterocycles. The molecule has 0 spiro atoms. The number of aryl methyl sites for hydroxylation is 1. The van der Waals surface area contributed by atoms with Crippen LogP contribution in [0.15, 0.2) is 22.7 Å². The van der Waals surface area contributed by atoms with E-state index in [-0.39, 0.29) is 0 Å². The number of hydrogen-bond donors (Lipinski definition) is 0. The van der Waals surface area contributed by atoms with Gasteiger partial charge in [0.1, 0.15) is 0 Å². The first-order chi connectivity index (χ1) is 7.20. The summed E-state index contributed by atoms with van der Waals surface area (Å²) in [6.45, 7) is 6.89. The second kappa shape index (κ2) is 4.56. The van der Waals surface area contributed by atoms with Crippen LogP contribution in [0.3, 0.4) is 0 Å². The first kappa shape index (κ1) is 11.0. The lowest BCUT2D eigenvalue weighted by atomic mass is 9.94. The van der Waals surface area contributed by atoms with Crippen LogP contribution in [-0.4, -0.2) is 13.1 Å². The zero-order chi connectivity index (χ0) is 10.8. The standard InChI is InChI=1S/C13H18BrN/c1-3-4-11-8-15(9-11)13-7-10(2)5-6-12(13)14/h5-7,11H,3-4,8-9H2,1-2H3. The third-order valence-electron chi connectivity index (χ3n) is 3.10. The van der Waals surface area contributed by atoms with Crippen molar-refractivity contribution in [2.24, 2.45) is 5.92 Å². The van der Waals surface area contributed by atoms with Crippen molar-refractivity contribution in [1.82, 2.24) is 0 Å². The van der Waals surface area contributed by atoms with Gasteiger partial charge < -0.3 is 4.90 Å². The van der Waals surface area contributed by atoms with E-state index < -0.39 is 0 Å². The van der Waals surface area contributed by atoms with Crippen molar-refractivity contribution in [3.05, 3.63) is 28.2 Å². The molecule has 0 atom stereocenters. The number of rotatable bonds is 3. The molecule has 1 nitrogen and oxygen atoms in total. The number of benzene rings is 1.